The van der Waals surface area contributed by atoms with Crippen molar-refractivity contribution < 1.29 is 13.2 Å². The highest BCUT2D eigenvalue weighted by Gasteiger charge is 2.38. The van der Waals surface area contributed by atoms with Crippen LogP contribution in [0.15, 0.2) is 29.6 Å². The van der Waals surface area contributed by atoms with Gasteiger partial charge in [0.25, 0.3) is 5.91 Å². The number of aromatic nitrogens is 2. The third-order valence-corrected chi connectivity index (χ3v) is 6.70. The minimum absolute atomic E-state index is 0.0960. The van der Waals surface area contributed by atoms with Crippen LogP contribution in [0.5, 0.6) is 0 Å². The van der Waals surface area contributed by atoms with Crippen molar-refractivity contribution in [1.29, 1.82) is 0 Å². The summed E-state index contributed by atoms with van der Waals surface area (Å²) in [5, 5.41) is 2.84. The fourth-order valence-corrected chi connectivity index (χ4v) is 5.40. The van der Waals surface area contributed by atoms with Gasteiger partial charge in [-0.3, -0.25) is 9.20 Å². The van der Waals surface area contributed by atoms with Crippen molar-refractivity contribution in [3.8, 4) is 0 Å². The molecule has 0 radical (unpaired) electrons. The average molecular weight is 361 g/mol. The summed E-state index contributed by atoms with van der Waals surface area (Å²) in [6.07, 6.45) is 9.09. The van der Waals surface area contributed by atoms with Crippen LogP contribution in [0.25, 0.3) is 5.52 Å². The lowest BCUT2D eigenvalue weighted by atomic mass is 9.86. The number of nitrogens with one attached hydrogen (secondary N) is 1. The Bertz CT molecular complexity index is 919. The minimum atomic E-state index is -3.51. The molecule has 2 aromatic rings. The molecule has 134 valence electrons. The molecule has 2 fully saturated rings. The number of carbonyl (C=O) groups excluding carboxylic acids is 1. The van der Waals surface area contributed by atoms with Gasteiger partial charge < -0.3 is 5.32 Å². The molecule has 2 heterocycles. The van der Waals surface area contributed by atoms with Gasteiger partial charge in [-0.15, -0.1) is 0 Å². The Hall–Kier alpha value is -1.89. The average Bonchev–Trinajstić information content (AvgIpc) is 3.27. The molecule has 4 rings (SSSR count). The van der Waals surface area contributed by atoms with Gasteiger partial charge in [-0.05, 0) is 55.6 Å². The van der Waals surface area contributed by atoms with E-state index in [1.165, 1.54) is 30.1 Å². The summed E-state index contributed by atoms with van der Waals surface area (Å²) >= 11 is 0. The fraction of sp³-hybridized carbons (Fsp3) is 0.556. The fourth-order valence-electron chi connectivity index (χ4n) is 4.62. The number of carbonyl (C=O) groups is 1. The molecule has 2 aromatic heterocycles. The Morgan fingerprint density at radius 1 is 1.32 bits per heavy atom. The second kappa shape index (κ2) is 6.12. The quantitative estimate of drug-likeness (QED) is 0.886. The summed E-state index contributed by atoms with van der Waals surface area (Å²) in [7, 11) is -3.51. The summed E-state index contributed by atoms with van der Waals surface area (Å²) < 4.78 is 25.3. The van der Waals surface area contributed by atoms with Crippen molar-refractivity contribution in [2.75, 3.05) is 12.8 Å². The van der Waals surface area contributed by atoms with E-state index in [2.05, 4.69) is 10.3 Å². The molecule has 0 saturated heterocycles. The van der Waals surface area contributed by atoms with E-state index in [-0.39, 0.29) is 16.8 Å². The SMILES string of the molecule is CS(=O)(=O)c1nc(C(=O)NCC[C@@H]2C[C@H]3CC[C@H]2C3)c2ccccn12. The van der Waals surface area contributed by atoms with Gasteiger partial charge in [-0.1, -0.05) is 12.5 Å². The van der Waals surface area contributed by atoms with E-state index in [0.29, 0.717) is 12.1 Å². The number of imidazole rings is 1. The lowest BCUT2D eigenvalue weighted by Gasteiger charge is -2.21. The molecule has 2 aliphatic rings. The van der Waals surface area contributed by atoms with Crippen LogP contribution >= 0.6 is 0 Å². The van der Waals surface area contributed by atoms with Gasteiger partial charge in [0.05, 0.1) is 5.52 Å². The maximum absolute atomic E-state index is 12.6. The third kappa shape index (κ3) is 3.05. The molecule has 6 nitrogen and oxygen atoms in total. The summed E-state index contributed by atoms with van der Waals surface area (Å²) in [5.74, 6) is 2.17. The number of fused-ring (bicyclic) bond motifs is 3. The van der Waals surface area contributed by atoms with E-state index < -0.39 is 9.84 Å². The minimum Gasteiger partial charge on any atom is -0.351 e. The first kappa shape index (κ1) is 16.6. The molecule has 3 atom stereocenters. The van der Waals surface area contributed by atoms with Crippen molar-refractivity contribution in [2.45, 2.75) is 37.3 Å². The number of pyridine rings is 1. The van der Waals surface area contributed by atoms with Crippen LogP contribution in [0.4, 0.5) is 0 Å². The van der Waals surface area contributed by atoms with E-state index in [4.69, 9.17) is 0 Å². The maximum atomic E-state index is 12.6. The lowest BCUT2D eigenvalue weighted by molar-refractivity contribution is 0.0946. The number of nitrogens with zero attached hydrogens (tertiary/aromatic N) is 2. The summed E-state index contributed by atoms with van der Waals surface area (Å²) in [6, 6.07) is 5.21. The van der Waals surface area contributed by atoms with Gasteiger partial charge in [0, 0.05) is 19.0 Å². The van der Waals surface area contributed by atoms with Crippen molar-refractivity contribution in [2.24, 2.45) is 17.8 Å². The molecule has 2 aliphatic carbocycles. The smallest absolute Gasteiger partial charge is 0.272 e. The van der Waals surface area contributed by atoms with E-state index >= 15 is 0 Å². The molecule has 0 unspecified atom stereocenters. The Kier molecular flexibility index (Phi) is 4.06. The zero-order valence-electron chi connectivity index (χ0n) is 14.3. The summed E-state index contributed by atoms with van der Waals surface area (Å²) in [6.45, 7) is 0.618. The molecule has 0 aliphatic heterocycles. The van der Waals surface area contributed by atoms with Crippen molar-refractivity contribution >= 4 is 21.3 Å². The second-order valence-corrected chi connectivity index (χ2v) is 9.36. The molecule has 25 heavy (non-hydrogen) atoms. The molecule has 7 heteroatoms. The van der Waals surface area contributed by atoms with Crippen LogP contribution in [0.2, 0.25) is 0 Å². The first-order valence-corrected chi connectivity index (χ1v) is 10.8. The van der Waals surface area contributed by atoms with Crippen LogP contribution in [-0.4, -0.2) is 36.5 Å². The van der Waals surface area contributed by atoms with Gasteiger partial charge in [0.2, 0.25) is 15.0 Å². The van der Waals surface area contributed by atoms with Crippen LogP contribution < -0.4 is 5.32 Å². The number of sulfone groups is 1. The molecule has 2 bridgehead atoms. The Morgan fingerprint density at radius 2 is 2.16 bits per heavy atom. The van der Waals surface area contributed by atoms with Gasteiger partial charge in [-0.25, -0.2) is 13.4 Å². The zero-order chi connectivity index (χ0) is 17.6. The zero-order valence-corrected chi connectivity index (χ0v) is 15.1. The second-order valence-electron chi connectivity index (χ2n) is 7.45. The Morgan fingerprint density at radius 3 is 2.84 bits per heavy atom. The van der Waals surface area contributed by atoms with Gasteiger partial charge in [0.1, 0.15) is 0 Å². The number of hydrogen-bond donors (Lipinski definition) is 1. The summed E-state index contributed by atoms with van der Waals surface area (Å²) in [5.41, 5.74) is 0.689. The topological polar surface area (TPSA) is 80.5 Å². The Labute approximate surface area is 147 Å². The van der Waals surface area contributed by atoms with E-state index in [1.54, 1.807) is 24.4 Å². The lowest BCUT2D eigenvalue weighted by Crippen LogP contribution is -2.27. The highest BCUT2D eigenvalue weighted by molar-refractivity contribution is 7.90. The van der Waals surface area contributed by atoms with Crippen LogP contribution in [-0.2, 0) is 9.84 Å². The van der Waals surface area contributed by atoms with Gasteiger partial charge in [-0.2, -0.15) is 0 Å². The van der Waals surface area contributed by atoms with Gasteiger partial charge >= 0.3 is 0 Å². The van der Waals surface area contributed by atoms with Crippen molar-refractivity contribution in [3.63, 3.8) is 0 Å². The molecule has 0 spiro atoms. The number of rotatable bonds is 5. The van der Waals surface area contributed by atoms with Crippen LogP contribution in [0.1, 0.15) is 42.6 Å². The molecule has 2 saturated carbocycles. The molecular formula is C18H23N3O3S. The first-order valence-electron chi connectivity index (χ1n) is 8.89. The molecule has 1 N–H and O–H groups in total. The molecule has 1 amide bonds. The Balaban J connectivity index is 1.48. The van der Waals surface area contributed by atoms with Crippen molar-refractivity contribution in [1.82, 2.24) is 14.7 Å². The van der Waals surface area contributed by atoms with Crippen LogP contribution in [0.3, 0.4) is 0 Å². The van der Waals surface area contributed by atoms with Crippen LogP contribution in [0, 0.1) is 17.8 Å². The monoisotopic (exact) mass is 361 g/mol. The largest absolute Gasteiger partial charge is 0.351 e. The van der Waals surface area contributed by atoms with E-state index in [0.717, 1.165) is 30.4 Å². The molecular weight excluding hydrogens is 338 g/mol. The first-order chi connectivity index (χ1) is 11.9. The van der Waals surface area contributed by atoms with E-state index in [1.807, 2.05) is 0 Å². The van der Waals surface area contributed by atoms with Gasteiger partial charge in [0.15, 0.2) is 5.69 Å². The predicted octanol–water partition coefficient (Wildman–Crippen LogP) is 2.29. The molecule has 0 aromatic carbocycles. The van der Waals surface area contributed by atoms with Crippen molar-refractivity contribution in [3.05, 3.63) is 30.1 Å². The third-order valence-electron chi connectivity index (χ3n) is 5.75. The highest BCUT2D eigenvalue weighted by Crippen LogP contribution is 2.49. The highest BCUT2D eigenvalue weighted by atomic mass is 32.2. The number of hydrogen-bond acceptors (Lipinski definition) is 4. The standard InChI is InChI=1S/C18H23N3O3S/c1-25(23,24)18-20-16(15-4-2-3-9-21(15)18)17(22)19-8-7-14-11-12-5-6-13(14)10-12/h2-4,9,12-14H,5-8,10-11H2,1H3,(H,19,22)/t12-,13-,14+/m0/s1. The van der Waals surface area contributed by atoms with E-state index in [9.17, 15) is 13.2 Å². The normalized spacial score (nSPS) is 25.6. The summed E-state index contributed by atoms with van der Waals surface area (Å²) in [4.78, 5) is 16.7. The predicted molar refractivity (Wildman–Crippen MR) is 94.2 cm³/mol. The maximum Gasteiger partial charge on any atom is 0.272 e. The number of amides is 1.